The topological polar surface area (TPSA) is 69.7 Å². The Kier molecular flexibility index (Phi) is 8.60. The SMILES string of the molecule is CCNC(=NCC1CCCO1)NCCCNC1CCCCN1. The van der Waals surface area contributed by atoms with Crippen LogP contribution in [0.3, 0.4) is 0 Å². The number of piperidine rings is 1. The number of hydrogen-bond donors (Lipinski definition) is 4. The zero-order valence-electron chi connectivity index (χ0n) is 14.0. The van der Waals surface area contributed by atoms with Gasteiger partial charge in [0.05, 0.1) is 18.8 Å². The van der Waals surface area contributed by atoms with Crippen LogP contribution in [0.15, 0.2) is 4.99 Å². The van der Waals surface area contributed by atoms with E-state index in [0.717, 1.165) is 58.1 Å². The maximum atomic E-state index is 5.61. The van der Waals surface area contributed by atoms with Gasteiger partial charge < -0.3 is 26.0 Å². The molecule has 6 nitrogen and oxygen atoms in total. The fourth-order valence-corrected chi connectivity index (χ4v) is 2.92. The molecule has 22 heavy (non-hydrogen) atoms. The molecule has 0 aromatic carbocycles. The van der Waals surface area contributed by atoms with Gasteiger partial charge >= 0.3 is 0 Å². The van der Waals surface area contributed by atoms with Crippen LogP contribution in [0, 0.1) is 0 Å². The predicted octanol–water partition coefficient (Wildman–Crippen LogP) is 0.800. The van der Waals surface area contributed by atoms with Crippen molar-refractivity contribution in [2.45, 2.75) is 57.7 Å². The highest BCUT2D eigenvalue weighted by Gasteiger charge is 2.15. The van der Waals surface area contributed by atoms with Crippen LogP contribution in [0.2, 0.25) is 0 Å². The van der Waals surface area contributed by atoms with Crippen molar-refractivity contribution in [2.75, 3.05) is 39.3 Å². The van der Waals surface area contributed by atoms with E-state index in [4.69, 9.17) is 4.74 Å². The minimum absolute atomic E-state index is 0.314. The molecule has 2 aliphatic heterocycles. The molecule has 4 N–H and O–H groups in total. The molecule has 2 aliphatic rings. The van der Waals surface area contributed by atoms with Crippen molar-refractivity contribution in [1.82, 2.24) is 21.3 Å². The largest absolute Gasteiger partial charge is 0.376 e. The van der Waals surface area contributed by atoms with Crippen molar-refractivity contribution in [3.63, 3.8) is 0 Å². The fraction of sp³-hybridized carbons (Fsp3) is 0.938. The lowest BCUT2D eigenvalue weighted by molar-refractivity contribution is 0.117. The Balaban J connectivity index is 1.55. The highest BCUT2D eigenvalue weighted by atomic mass is 16.5. The molecule has 6 heteroatoms. The summed E-state index contributed by atoms with van der Waals surface area (Å²) < 4.78 is 5.61. The lowest BCUT2D eigenvalue weighted by atomic mass is 10.1. The van der Waals surface area contributed by atoms with E-state index < -0.39 is 0 Å². The molecule has 2 unspecified atom stereocenters. The third kappa shape index (κ3) is 6.94. The Hall–Kier alpha value is -0.850. The molecule has 0 spiro atoms. The average Bonchev–Trinajstić information content (AvgIpc) is 3.06. The van der Waals surface area contributed by atoms with E-state index in [1.807, 2.05) is 0 Å². The molecule has 0 aliphatic carbocycles. The van der Waals surface area contributed by atoms with Gasteiger partial charge in [0.25, 0.3) is 0 Å². The highest BCUT2D eigenvalue weighted by Crippen LogP contribution is 2.11. The van der Waals surface area contributed by atoms with Crippen LogP contribution in [0.5, 0.6) is 0 Å². The maximum Gasteiger partial charge on any atom is 0.191 e. The summed E-state index contributed by atoms with van der Waals surface area (Å²) in [4.78, 5) is 4.62. The Morgan fingerprint density at radius 2 is 2.14 bits per heavy atom. The first-order chi connectivity index (χ1) is 10.9. The van der Waals surface area contributed by atoms with E-state index in [9.17, 15) is 0 Å². The molecule has 0 bridgehead atoms. The van der Waals surface area contributed by atoms with Gasteiger partial charge in [-0.2, -0.15) is 0 Å². The zero-order chi connectivity index (χ0) is 15.5. The summed E-state index contributed by atoms with van der Waals surface area (Å²) in [7, 11) is 0. The molecule has 0 aromatic rings. The Labute approximate surface area is 134 Å². The summed E-state index contributed by atoms with van der Waals surface area (Å²) in [5.74, 6) is 0.911. The van der Waals surface area contributed by atoms with E-state index in [1.165, 1.54) is 25.7 Å². The zero-order valence-corrected chi connectivity index (χ0v) is 14.0. The quantitative estimate of drug-likeness (QED) is 0.303. The van der Waals surface area contributed by atoms with Gasteiger partial charge in [0.15, 0.2) is 5.96 Å². The van der Waals surface area contributed by atoms with Gasteiger partial charge in [-0.1, -0.05) is 0 Å². The van der Waals surface area contributed by atoms with E-state index in [0.29, 0.717) is 12.3 Å². The molecule has 0 amide bonds. The molecule has 2 heterocycles. The second-order valence-corrected chi connectivity index (χ2v) is 6.09. The second-order valence-electron chi connectivity index (χ2n) is 6.09. The fourth-order valence-electron chi connectivity index (χ4n) is 2.92. The summed E-state index contributed by atoms with van der Waals surface area (Å²) in [5.41, 5.74) is 0. The lowest BCUT2D eigenvalue weighted by Gasteiger charge is -2.24. The number of hydrogen-bond acceptors (Lipinski definition) is 4. The van der Waals surface area contributed by atoms with Crippen LogP contribution in [0.1, 0.15) is 45.4 Å². The van der Waals surface area contributed by atoms with Crippen molar-refractivity contribution >= 4 is 5.96 Å². The minimum atomic E-state index is 0.314. The van der Waals surface area contributed by atoms with Crippen molar-refractivity contribution in [3.05, 3.63) is 0 Å². The number of guanidine groups is 1. The smallest absolute Gasteiger partial charge is 0.191 e. The van der Waals surface area contributed by atoms with E-state index in [-0.39, 0.29) is 0 Å². The van der Waals surface area contributed by atoms with Crippen LogP contribution >= 0.6 is 0 Å². The molecule has 2 saturated heterocycles. The van der Waals surface area contributed by atoms with E-state index in [1.54, 1.807) is 0 Å². The van der Waals surface area contributed by atoms with Crippen LogP contribution < -0.4 is 21.3 Å². The summed E-state index contributed by atoms with van der Waals surface area (Å²) in [6.45, 7) is 7.77. The third-order valence-electron chi connectivity index (χ3n) is 4.17. The number of nitrogens with one attached hydrogen (secondary N) is 4. The van der Waals surface area contributed by atoms with Gasteiger partial charge in [0, 0.05) is 19.7 Å². The first kappa shape index (κ1) is 17.5. The average molecular weight is 311 g/mol. The lowest BCUT2D eigenvalue weighted by Crippen LogP contribution is -2.46. The summed E-state index contributed by atoms with van der Waals surface area (Å²) in [5, 5.41) is 13.8. The number of aliphatic imine (C=N–C) groups is 1. The highest BCUT2D eigenvalue weighted by molar-refractivity contribution is 5.79. The molecular weight excluding hydrogens is 278 g/mol. The van der Waals surface area contributed by atoms with Gasteiger partial charge in [-0.05, 0) is 58.5 Å². The van der Waals surface area contributed by atoms with E-state index in [2.05, 4.69) is 33.2 Å². The normalized spacial score (nSPS) is 26.1. The van der Waals surface area contributed by atoms with Crippen LogP contribution in [-0.2, 0) is 4.74 Å². The Morgan fingerprint density at radius 3 is 2.86 bits per heavy atom. The third-order valence-corrected chi connectivity index (χ3v) is 4.17. The van der Waals surface area contributed by atoms with Crippen molar-refractivity contribution < 1.29 is 4.74 Å². The molecule has 128 valence electrons. The van der Waals surface area contributed by atoms with Crippen LogP contribution in [-0.4, -0.2) is 57.6 Å². The first-order valence-electron chi connectivity index (χ1n) is 8.99. The van der Waals surface area contributed by atoms with Crippen LogP contribution in [0.25, 0.3) is 0 Å². The monoisotopic (exact) mass is 311 g/mol. The first-order valence-corrected chi connectivity index (χ1v) is 8.99. The van der Waals surface area contributed by atoms with Crippen molar-refractivity contribution in [1.29, 1.82) is 0 Å². The Morgan fingerprint density at radius 1 is 1.18 bits per heavy atom. The summed E-state index contributed by atoms with van der Waals surface area (Å²) in [6, 6.07) is 0. The van der Waals surface area contributed by atoms with Gasteiger partial charge in [-0.15, -0.1) is 0 Å². The van der Waals surface area contributed by atoms with Gasteiger partial charge in [-0.3, -0.25) is 4.99 Å². The maximum absolute atomic E-state index is 5.61. The number of nitrogens with zero attached hydrogens (tertiary/aromatic N) is 1. The van der Waals surface area contributed by atoms with Crippen molar-refractivity contribution in [2.24, 2.45) is 4.99 Å². The number of ether oxygens (including phenoxy) is 1. The Bertz CT molecular complexity index is 312. The standard InChI is InChI=1S/C16H33N5O/c1-2-17-16(21-13-14-7-5-12-22-14)20-11-6-10-19-15-8-3-4-9-18-15/h14-15,18-19H,2-13H2,1H3,(H2,17,20,21). The summed E-state index contributed by atoms with van der Waals surface area (Å²) in [6.07, 6.45) is 8.13. The van der Waals surface area contributed by atoms with Gasteiger partial charge in [0.1, 0.15) is 0 Å². The van der Waals surface area contributed by atoms with Crippen LogP contribution in [0.4, 0.5) is 0 Å². The molecule has 2 fully saturated rings. The predicted molar refractivity (Wildman–Crippen MR) is 91.2 cm³/mol. The van der Waals surface area contributed by atoms with Crippen molar-refractivity contribution in [3.8, 4) is 0 Å². The van der Waals surface area contributed by atoms with Gasteiger partial charge in [-0.25, -0.2) is 0 Å². The summed E-state index contributed by atoms with van der Waals surface area (Å²) >= 11 is 0. The molecule has 0 saturated carbocycles. The molecule has 2 atom stereocenters. The molecule has 0 radical (unpaired) electrons. The molecular formula is C16H33N5O. The minimum Gasteiger partial charge on any atom is -0.376 e. The van der Waals surface area contributed by atoms with Gasteiger partial charge in [0.2, 0.25) is 0 Å². The molecule has 2 rings (SSSR count). The molecule has 0 aromatic heterocycles. The number of rotatable bonds is 8. The van der Waals surface area contributed by atoms with E-state index >= 15 is 0 Å². The second kappa shape index (κ2) is 10.8.